The number of rotatable bonds is 16. The number of aromatic nitrogens is 2. The Hall–Kier alpha value is -5.00. The minimum Gasteiger partial charge on any atom is -0.489 e. The first-order valence-corrected chi connectivity index (χ1v) is 14.3. The number of benzene rings is 3. The van der Waals surface area contributed by atoms with E-state index in [0.29, 0.717) is 18.1 Å². The number of carboxylic acids is 1. The molecule has 11 heteroatoms. The number of nitrogens with two attached hydrogens (primary N) is 1. The molecule has 0 aliphatic carbocycles. The standard InChI is InChI=1S/C33H37N5O6/c1-22(43-19-24-8-4-2-5-9-24)30(33(41)42)38-32(40)29(37-31(39)28(34)17-26-18-35-21-36-26)16-23-12-14-27(15-13-23)44-20-25-10-6-3-7-11-25/h2-15,18,21-22,28-30H,16-17,19-20,34H2,1H3,(H,35,36)(H,37,39)(H,38,40)(H,41,42)/t22?,28?,29-,30-/m0/s1. The number of carbonyl (C=O) groups excluding carboxylic acids is 2. The van der Waals surface area contributed by atoms with Crippen LogP contribution in [-0.4, -0.2) is 57.1 Å². The monoisotopic (exact) mass is 599 g/mol. The van der Waals surface area contributed by atoms with Gasteiger partial charge in [0.05, 0.1) is 30.8 Å². The molecule has 44 heavy (non-hydrogen) atoms. The number of nitrogens with zero attached hydrogens (tertiary/aromatic N) is 1. The topological polar surface area (TPSA) is 169 Å². The Bertz CT molecular complexity index is 1470. The van der Waals surface area contributed by atoms with Gasteiger partial charge >= 0.3 is 5.97 Å². The Balaban J connectivity index is 1.44. The number of aliphatic carboxylic acids is 1. The lowest BCUT2D eigenvalue weighted by Crippen LogP contribution is -2.57. The molecule has 11 nitrogen and oxygen atoms in total. The molecule has 4 atom stereocenters. The Morgan fingerprint density at radius 2 is 1.48 bits per heavy atom. The fourth-order valence-corrected chi connectivity index (χ4v) is 4.44. The normalized spacial score (nSPS) is 13.7. The van der Waals surface area contributed by atoms with Crippen molar-refractivity contribution in [2.24, 2.45) is 5.73 Å². The van der Waals surface area contributed by atoms with Crippen LogP contribution >= 0.6 is 0 Å². The number of imidazole rings is 1. The van der Waals surface area contributed by atoms with Crippen LogP contribution < -0.4 is 21.1 Å². The molecular weight excluding hydrogens is 562 g/mol. The number of hydrogen-bond donors (Lipinski definition) is 5. The predicted molar refractivity (Wildman–Crippen MR) is 163 cm³/mol. The van der Waals surface area contributed by atoms with Gasteiger partial charge in [-0.1, -0.05) is 72.8 Å². The lowest BCUT2D eigenvalue weighted by Gasteiger charge is -2.26. The summed E-state index contributed by atoms with van der Waals surface area (Å²) in [6.07, 6.45) is 2.48. The fourth-order valence-electron chi connectivity index (χ4n) is 4.44. The van der Waals surface area contributed by atoms with Crippen LogP contribution in [0.1, 0.15) is 29.3 Å². The number of hydrogen-bond acceptors (Lipinski definition) is 7. The molecule has 0 bridgehead atoms. The lowest BCUT2D eigenvalue weighted by atomic mass is 10.0. The Labute approximate surface area is 255 Å². The van der Waals surface area contributed by atoms with Crippen LogP contribution in [-0.2, 0) is 45.2 Å². The lowest BCUT2D eigenvalue weighted by molar-refractivity contribution is -0.147. The quantitative estimate of drug-likeness (QED) is 0.131. The number of aromatic amines is 1. The van der Waals surface area contributed by atoms with Gasteiger partial charge in [-0.15, -0.1) is 0 Å². The van der Waals surface area contributed by atoms with E-state index in [9.17, 15) is 19.5 Å². The first kappa shape index (κ1) is 31.9. The summed E-state index contributed by atoms with van der Waals surface area (Å²) in [7, 11) is 0. The summed E-state index contributed by atoms with van der Waals surface area (Å²) in [5.74, 6) is -1.88. The average molecular weight is 600 g/mol. The molecule has 230 valence electrons. The summed E-state index contributed by atoms with van der Waals surface area (Å²) in [5, 5.41) is 15.2. The van der Waals surface area contributed by atoms with Gasteiger partial charge in [0.1, 0.15) is 18.4 Å². The summed E-state index contributed by atoms with van der Waals surface area (Å²) in [4.78, 5) is 45.6. The van der Waals surface area contributed by atoms with Gasteiger partial charge in [0.15, 0.2) is 6.04 Å². The highest BCUT2D eigenvalue weighted by Crippen LogP contribution is 2.16. The first-order valence-electron chi connectivity index (χ1n) is 14.3. The molecule has 4 rings (SSSR count). The van der Waals surface area contributed by atoms with Gasteiger partial charge in [-0.05, 0) is 35.7 Å². The molecule has 0 radical (unpaired) electrons. The number of carbonyl (C=O) groups is 3. The van der Waals surface area contributed by atoms with Crippen molar-refractivity contribution in [2.75, 3.05) is 0 Å². The highest BCUT2D eigenvalue weighted by atomic mass is 16.5. The molecule has 0 fully saturated rings. The van der Waals surface area contributed by atoms with E-state index < -0.39 is 42.0 Å². The smallest absolute Gasteiger partial charge is 0.328 e. The summed E-state index contributed by atoms with van der Waals surface area (Å²) >= 11 is 0. The molecule has 0 saturated carbocycles. The Morgan fingerprint density at radius 3 is 2.07 bits per heavy atom. The van der Waals surface area contributed by atoms with E-state index in [4.69, 9.17) is 15.2 Å². The summed E-state index contributed by atoms with van der Waals surface area (Å²) < 4.78 is 11.6. The highest BCUT2D eigenvalue weighted by molar-refractivity contribution is 5.92. The number of H-pyrrole nitrogens is 1. The van der Waals surface area contributed by atoms with Gasteiger partial charge in [-0.2, -0.15) is 0 Å². The molecule has 1 aromatic heterocycles. The van der Waals surface area contributed by atoms with E-state index in [1.807, 2.05) is 60.7 Å². The SMILES string of the molecule is CC(OCc1ccccc1)[C@H](NC(=O)[C@H](Cc1ccc(OCc2ccccc2)cc1)NC(=O)C(N)Cc1c[nH]cn1)C(=O)O. The molecule has 2 unspecified atom stereocenters. The molecular formula is C33H37N5O6. The second-order valence-corrected chi connectivity index (χ2v) is 10.4. The summed E-state index contributed by atoms with van der Waals surface area (Å²) in [6.45, 7) is 2.14. The van der Waals surface area contributed by atoms with Crippen LogP contribution in [0.2, 0.25) is 0 Å². The van der Waals surface area contributed by atoms with E-state index in [1.165, 1.54) is 6.33 Å². The molecule has 0 spiro atoms. The molecule has 1 heterocycles. The molecule has 2 amide bonds. The average Bonchev–Trinajstić information content (AvgIpc) is 3.55. The maximum absolute atomic E-state index is 13.5. The molecule has 0 aliphatic rings. The van der Waals surface area contributed by atoms with Crippen molar-refractivity contribution >= 4 is 17.8 Å². The number of carboxylic acid groups (broad SMARTS) is 1. The van der Waals surface area contributed by atoms with Gasteiger partial charge in [0, 0.05) is 19.0 Å². The van der Waals surface area contributed by atoms with Crippen LogP contribution in [0, 0.1) is 0 Å². The van der Waals surface area contributed by atoms with Gasteiger partial charge in [-0.3, -0.25) is 9.59 Å². The third kappa shape index (κ3) is 9.79. The van der Waals surface area contributed by atoms with Crippen molar-refractivity contribution in [1.29, 1.82) is 0 Å². The second-order valence-electron chi connectivity index (χ2n) is 10.4. The van der Waals surface area contributed by atoms with Crippen molar-refractivity contribution < 1.29 is 29.0 Å². The number of amides is 2. The van der Waals surface area contributed by atoms with E-state index in [0.717, 1.165) is 16.7 Å². The maximum atomic E-state index is 13.5. The van der Waals surface area contributed by atoms with E-state index in [1.54, 1.807) is 37.4 Å². The van der Waals surface area contributed by atoms with Gasteiger partial charge in [0.2, 0.25) is 11.8 Å². The van der Waals surface area contributed by atoms with Crippen LogP contribution in [0.4, 0.5) is 0 Å². The zero-order valence-corrected chi connectivity index (χ0v) is 24.4. The van der Waals surface area contributed by atoms with Crippen molar-refractivity contribution in [3.8, 4) is 5.75 Å². The molecule has 3 aromatic carbocycles. The van der Waals surface area contributed by atoms with Crippen molar-refractivity contribution in [3.05, 3.63) is 120 Å². The third-order valence-corrected chi connectivity index (χ3v) is 6.95. The first-order chi connectivity index (χ1) is 21.3. The van der Waals surface area contributed by atoms with Crippen LogP contribution in [0.25, 0.3) is 0 Å². The number of nitrogens with one attached hydrogen (secondary N) is 3. The molecule has 0 aliphatic heterocycles. The zero-order chi connectivity index (χ0) is 31.3. The number of ether oxygens (including phenoxy) is 2. The Kier molecular flexibility index (Phi) is 11.6. The zero-order valence-electron chi connectivity index (χ0n) is 24.4. The predicted octanol–water partition coefficient (Wildman–Crippen LogP) is 2.76. The van der Waals surface area contributed by atoms with Gasteiger partial charge in [0.25, 0.3) is 0 Å². The van der Waals surface area contributed by atoms with E-state index in [-0.39, 0.29) is 19.4 Å². The van der Waals surface area contributed by atoms with Crippen LogP contribution in [0.5, 0.6) is 5.75 Å². The minimum atomic E-state index is -1.36. The highest BCUT2D eigenvalue weighted by Gasteiger charge is 2.32. The third-order valence-electron chi connectivity index (χ3n) is 6.95. The van der Waals surface area contributed by atoms with Crippen LogP contribution in [0.3, 0.4) is 0 Å². The second kappa shape index (κ2) is 16.0. The molecule has 4 aromatic rings. The minimum absolute atomic E-state index is 0.0806. The van der Waals surface area contributed by atoms with E-state index in [2.05, 4.69) is 20.6 Å². The van der Waals surface area contributed by atoms with Gasteiger partial charge in [-0.25, -0.2) is 9.78 Å². The maximum Gasteiger partial charge on any atom is 0.328 e. The summed E-state index contributed by atoms with van der Waals surface area (Å²) in [5.41, 5.74) is 9.32. The van der Waals surface area contributed by atoms with E-state index >= 15 is 0 Å². The molecule has 6 N–H and O–H groups in total. The van der Waals surface area contributed by atoms with Crippen molar-refractivity contribution in [1.82, 2.24) is 20.6 Å². The summed E-state index contributed by atoms with van der Waals surface area (Å²) in [6, 6.07) is 22.7. The fraction of sp³-hybridized carbons (Fsp3) is 0.273. The van der Waals surface area contributed by atoms with Crippen molar-refractivity contribution in [3.63, 3.8) is 0 Å². The van der Waals surface area contributed by atoms with Crippen molar-refractivity contribution in [2.45, 2.75) is 57.2 Å². The van der Waals surface area contributed by atoms with Gasteiger partial charge < -0.3 is 35.9 Å². The Morgan fingerprint density at radius 1 is 0.841 bits per heavy atom. The van der Waals surface area contributed by atoms with Crippen LogP contribution in [0.15, 0.2) is 97.5 Å². The largest absolute Gasteiger partial charge is 0.489 e. The molecule has 0 saturated heterocycles.